The molecule has 0 spiro atoms. The third kappa shape index (κ3) is 2.93. The Kier molecular flexibility index (Phi) is 4.20. The Hall–Kier alpha value is -1.10. The smallest absolute Gasteiger partial charge is 0.234 e. The van der Waals surface area contributed by atoms with Gasteiger partial charge in [-0.1, -0.05) is 29.3 Å². The Balaban J connectivity index is 1.92. The maximum atomic E-state index is 12.2. The van der Waals surface area contributed by atoms with Gasteiger partial charge in [0.25, 0.3) is 0 Å². The van der Waals surface area contributed by atoms with Crippen LogP contribution in [0.25, 0.3) is 0 Å². The SMILES string of the molecule is Cc1ccc(CN2C(=O)CSC2c2c(Cl)cccc2Cl)o1. The molecule has 1 fully saturated rings. The fourth-order valence-corrected chi connectivity index (χ4v) is 4.34. The summed E-state index contributed by atoms with van der Waals surface area (Å²) in [6.45, 7) is 2.30. The molecular weight excluding hydrogens is 329 g/mol. The second kappa shape index (κ2) is 5.95. The lowest BCUT2D eigenvalue weighted by atomic mass is 10.2. The molecular formula is C15H13Cl2NO2S. The Bertz CT molecular complexity index is 666. The summed E-state index contributed by atoms with van der Waals surface area (Å²) in [4.78, 5) is 13.9. The largest absolute Gasteiger partial charge is 0.464 e. The monoisotopic (exact) mass is 341 g/mol. The fourth-order valence-electron chi connectivity index (χ4n) is 2.35. The van der Waals surface area contributed by atoms with Gasteiger partial charge in [0.05, 0.1) is 12.3 Å². The molecule has 0 bridgehead atoms. The minimum atomic E-state index is -0.177. The number of hydrogen-bond acceptors (Lipinski definition) is 3. The predicted molar refractivity (Wildman–Crippen MR) is 85.7 cm³/mol. The van der Waals surface area contributed by atoms with Crippen molar-refractivity contribution in [2.45, 2.75) is 18.8 Å². The van der Waals surface area contributed by atoms with Crippen LogP contribution in [0.2, 0.25) is 10.0 Å². The summed E-state index contributed by atoms with van der Waals surface area (Å²) in [6.07, 6.45) is 0. The first-order valence-corrected chi connectivity index (χ1v) is 8.27. The lowest BCUT2D eigenvalue weighted by Gasteiger charge is -2.24. The van der Waals surface area contributed by atoms with Gasteiger partial charge in [-0.3, -0.25) is 4.79 Å². The van der Waals surface area contributed by atoms with Gasteiger partial charge in [-0.2, -0.15) is 0 Å². The lowest BCUT2D eigenvalue weighted by molar-refractivity contribution is -0.128. The van der Waals surface area contributed by atoms with Crippen molar-refractivity contribution in [1.29, 1.82) is 0 Å². The highest BCUT2D eigenvalue weighted by Crippen LogP contribution is 2.45. The van der Waals surface area contributed by atoms with E-state index < -0.39 is 0 Å². The van der Waals surface area contributed by atoms with Crippen molar-refractivity contribution in [3.05, 3.63) is 57.5 Å². The molecule has 1 unspecified atom stereocenters. The van der Waals surface area contributed by atoms with E-state index in [2.05, 4.69) is 0 Å². The Morgan fingerprint density at radius 1 is 1.29 bits per heavy atom. The molecule has 3 nitrogen and oxygen atoms in total. The van der Waals surface area contributed by atoms with Crippen LogP contribution in [0.1, 0.15) is 22.5 Å². The van der Waals surface area contributed by atoms with Crippen molar-refractivity contribution in [2.24, 2.45) is 0 Å². The highest BCUT2D eigenvalue weighted by atomic mass is 35.5. The lowest BCUT2D eigenvalue weighted by Crippen LogP contribution is -2.27. The summed E-state index contributed by atoms with van der Waals surface area (Å²) in [5, 5.41) is 0.981. The van der Waals surface area contributed by atoms with Crippen LogP contribution in [0.3, 0.4) is 0 Å². The summed E-state index contributed by atoms with van der Waals surface area (Å²) >= 11 is 14.1. The summed E-state index contributed by atoms with van der Waals surface area (Å²) in [5.74, 6) is 2.08. The van der Waals surface area contributed by atoms with E-state index in [-0.39, 0.29) is 11.3 Å². The molecule has 1 atom stereocenters. The van der Waals surface area contributed by atoms with Crippen LogP contribution >= 0.6 is 35.0 Å². The Morgan fingerprint density at radius 3 is 2.62 bits per heavy atom. The Morgan fingerprint density at radius 2 is 2.00 bits per heavy atom. The second-order valence-corrected chi connectivity index (χ2v) is 6.72. The van der Waals surface area contributed by atoms with Crippen LogP contribution in [-0.4, -0.2) is 16.6 Å². The van der Waals surface area contributed by atoms with Crippen LogP contribution in [0.15, 0.2) is 34.7 Å². The van der Waals surface area contributed by atoms with Crippen molar-refractivity contribution in [2.75, 3.05) is 5.75 Å². The van der Waals surface area contributed by atoms with E-state index in [1.165, 1.54) is 11.8 Å². The molecule has 0 radical (unpaired) electrons. The summed E-state index contributed by atoms with van der Waals surface area (Å²) in [7, 11) is 0. The van der Waals surface area contributed by atoms with E-state index in [1.807, 2.05) is 19.1 Å². The Labute approximate surface area is 137 Å². The van der Waals surface area contributed by atoms with Gasteiger partial charge >= 0.3 is 0 Å². The van der Waals surface area contributed by atoms with E-state index in [4.69, 9.17) is 27.6 Å². The van der Waals surface area contributed by atoms with Crippen molar-refractivity contribution in [1.82, 2.24) is 4.90 Å². The van der Waals surface area contributed by atoms with E-state index >= 15 is 0 Å². The van der Waals surface area contributed by atoms with E-state index in [0.29, 0.717) is 22.3 Å². The van der Waals surface area contributed by atoms with Crippen molar-refractivity contribution >= 4 is 40.9 Å². The fraction of sp³-hybridized carbons (Fsp3) is 0.267. The molecule has 1 aromatic heterocycles. The molecule has 1 aromatic carbocycles. The van der Waals surface area contributed by atoms with Gasteiger partial charge in [-0.05, 0) is 31.2 Å². The van der Waals surface area contributed by atoms with Gasteiger partial charge in [0, 0.05) is 15.6 Å². The predicted octanol–water partition coefficient (Wildman–Crippen LogP) is 4.67. The molecule has 21 heavy (non-hydrogen) atoms. The number of carbonyl (C=O) groups is 1. The number of aryl methyl sites for hydroxylation is 1. The molecule has 0 N–H and O–H groups in total. The van der Waals surface area contributed by atoms with E-state index in [1.54, 1.807) is 23.1 Å². The number of thioether (sulfide) groups is 1. The minimum absolute atomic E-state index is 0.0649. The summed E-state index contributed by atoms with van der Waals surface area (Å²) in [5.41, 5.74) is 0.792. The third-order valence-corrected chi connectivity index (χ3v) is 5.22. The van der Waals surface area contributed by atoms with Crippen LogP contribution in [0.4, 0.5) is 0 Å². The molecule has 110 valence electrons. The van der Waals surface area contributed by atoms with Crippen molar-refractivity contribution in [3.63, 3.8) is 0 Å². The van der Waals surface area contributed by atoms with Gasteiger partial charge in [0.15, 0.2) is 0 Å². The number of hydrogen-bond donors (Lipinski definition) is 0. The number of halogens is 2. The quantitative estimate of drug-likeness (QED) is 0.813. The first-order valence-electron chi connectivity index (χ1n) is 6.46. The maximum Gasteiger partial charge on any atom is 0.234 e. The standard InChI is InChI=1S/C15H13Cl2NO2S/c1-9-5-6-10(20-9)7-18-13(19)8-21-15(18)14-11(16)3-2-4-12(14)17/h2-6,15H,7-8H2,1H3. The first-order chi connectivity index (χ1) is 10.1. The zero-order chi connectivity index (χ0) is 15.0. The summed E-state index contributed by atoms with van der Waals surface area (Å²) in [6, 6.07) is 9.16. The topological polar surface area (TPSA) is 33.5 Å². The van der Waals surface area contributed by atoms with E-state index in [9.17, 15) is 4.79 Å². The normalized spacial score (nSPS) is 18.5. The average Bonchev–Trinajstić information content (AvgIpc) is 2.99. The summed E-state index contributed by atoms with van der Waals surface area (Å²) < 4.78 is 5.57. The van der Waals surface area contributed by atoms with Crippen LogP contribution in [-0.2, 0) is 11.3 Å². The molecule has 2 aromatic rings. The molecule has 1 aliphatic heterocycles. The van der Waals surface area contributed by atoms with Gasteiger partial charge < -0.3 is 9.32 Å². The van der Waals surface area contributed by atoms with Crippen LogP contribution in [0.5, 0.6) is 0 Å². The number of benzene rings is 1. The number of nitrogens with zero attached hydrogens (tertiary/aromatic N) is 1. The third-order valence-electron chi connectivity index (χ3n) is 3.34. The minimum Gasteiger partial charge on any atom is -0.464 e. The van der Waals surface area contributed by atoms with Crippen molar-refractivity contribution < 1.29 is 9.21 Å². The molecule has 1 aliphatic rings. The molecule has 1 saturated heterocycles. The number of rotatable bonds is 3. The highest BCUT2D eigenvalue weighted by Gasteiger charge is 2.35. The molecule has 0 aliphatic carbocycles. The molecule has 3 rings (SSSR count). The number of amides is 1. The van der Waals surface area contributed by atoms with Crippen LogP contribution in [0, 0.1) is 6.92 Å². The van der Waals surface area contributed by atoms with Crippen molar-refractivity contribution in [3.8, 4) is 0 Å². The highest BCUT2D eigenvalue weighted by molar-refractivity contribution is 8.00. The zero-order valence-electron chi connectivity index (χ0n) is 11.3. The molecule has 2 heterocycles. The van der Waals surface area contributed by atoms with Crippen LogP contribution < -0.4 is 0 Å². The van der Waals surface area contributed by atoms with Gasteiger partial charge in [0.2, 0.25) is 5.91 Å². The average molecular weight is 342 g/mol. The second-order valence-electron chi connectivity index (χ2n) is 4.83. The molecule has 1 amide bonds. The molecule has 0 saturated carbocycles. The van der Waals surface area contributed by atoms with E-state index in [0.717, 1.165) is 17.1 Å². The number of carbonyl (C=O) groups excluding carboxylic acids is 1. The molecule has 6 heteroatoms. The van der Waals surface area contributed by atoms with Gasteiger partial charge in [0.1, 0.15) is 16.9 Å². The maximum absolute atomic E-state index is 12.2. The first kappa shape index (κ1) is 14.8. The number of furan rings is 1. The van der Waals surface area contributed by atoms with Gasteiger partial charge in [-0.25, -0.2) is 0 Å². The zero-order valence-corrected chi connectivity index (χ0v) is 13.6. The van der Waals surface area contributed by atoms with Gasteiger partial charge in [-0.15, -0.1) is 11.8 Å².